The Morgan fingerprint density at radius 2 is 1.56 bits per heavy atom. The molecule has 0 rings (SSSR count). The van der Waals surface area contributed by atoms with Crippen molar-refractivity contribution in [3.05, 3.63) is 0 Å². The highest BCUT2D eigenvalue weighted by molar-refractivity contribution is 7.37. The SMILES string of the molecule is CCCPCCC[Si](CC)(OCC)OCC. The summed E-state index contributed by atoms with van der Waals surface area (Å²) >= 11 is 0. The van der Waals surface area contributed by atoms with E-state index in [9.17, 15) is 0 Å². The molecule has 2 nitrogen and oxygen atoms in total. The van der Waals surface area contributed by atoms with Crippen LogP contribution in [0.1, 0.15) is 40.5 Å². The third-order valence-corrected chi connectivity index (χ3v) is 8.07. The van der Waals surface area contributed by atoms with Crippen LogP contribution in [0.15, 0.2) is 0 Å². The normalized spacial score (nSPS) is 12.8. The Morgan fingerprint density at radius 3 is 2.00 bits per heavy atom. The molecule has 16 heavy (non-hydrogen) atoms. The fourth-order valence-electron chi connectivity index (χ4n) is 1.88. The van der Waals surface area contributed by atoms with E-state index in [2.05, 4.69) is 27.7 Å². The molecule has 0 aromatic carbocycles. The van der Waals surface area contributed by atoms with Crippen LogP contribution >= 0.6 is 8.58 Å². The maximum atomic E-state index is 5.95. The van der Waals surface area contributed by atoms with Gasteiger partial charge < -0.3 is 8.85 Å². The minimum Gasteiger partial charge on any atom is -0.394 e. The van der Waals surface area contributed by atoms with Gasteiger partial charge in [0.2, 0.25) is 0 Å². The highest BCUT2D eigenvalue weighted by Gasteiger charge is 2.33. The van der Waals surface area contributed by atoms with Gasteiger partial charge in [-0.3, -0.25) is 0 Å². The standard InChI is InChI=1S/C12H29O2PSi/c1-5-10-15-11-9-12-16(8-4,13-6-2)14-7-3/h15H,5-12H2,1-4H3. The summed E-state index contributed by atoms with van der Waals surface area (Å²) in [5, 5.41) is 0. The smallest absolute Gasteiger partial charge is 0.337 e. The van der Waals surface area contributed by atoms with Crippen molar-refractivity contribution < 1.29 is 8.85 Å². The van der Waals surface area contributed by atoms with Crippen molar-refractivity contribution in [2.45, 2.75) is 52.6 Å². The molecule has 1 unspecified atom stereocenters. The summed E-state index contributed by atoms with van der Waals surface area (Å²) in [5.74, 6) is 0. The molecule has 4 heteroatoms. The number of rotatable bonds is 11. The lowest BCUT2D eigenvalue weighted by atomic mass is 10.6. The fraction of sp³-hybridized carbons (Fsp3) is 1.00. The van der Waals surface area contributed by atoms with E-state index in [0.29, 0.717) is 0 Å². The van der Waals surface area contributed by atoms with Crippen molar-refractivity contribution >= 4 is 17.1 Å². The number of hydrogen-bond donors (Lipinski definition) is 0. The summed E-state index contributed by atoms with van der Waals surface area (Å²) in [6, 6.07) is 2.27. The lowest BCUT2D eigenvalue weighted by Gasteiger charge is -2.28. The largest absolute Gasteiger partial charge is 0.394 e. The van der Waals surface area contributed by atoms with E-state index in [0.717, 1.165) is 27.8 Å². The molecule has 0 saturated carbocycles. The molecule has 98 valence electrons. The van der Waals surface area contributed by atoms with E-state index in [1.807, 2.05) is 0 Å². The molecule has 0 amide bonds. The first kappa shape index (κ1) is 16.6. The molecule has 0 heterocycles. The zero-order valence-electron chi connectivity index (χ0n) is 11.5. The van der Waals surface area contributed by atoms with Crippen molar-refractivity contribution in [2.75, 3.05) is 25.5 Å². The summed E-state index contributed by atoms with van der Waals surface area (Å²) < 4.78 is 11.9. The monoisotopic (exact) mass is 264 g/mol. The molecule has 0 radical (unpaired) electrons. The maximum absolute atomic E-state index is 5.95. The van der Waals surface area contributed by atoms with Crippen LogP contribution in [0.3, 0.4) is 0 Å². The third-order valence-electron chi connectivity index (χ3n) is 2.69. The number of hydrogen-bond acceptors (Lipinski definition) is 2. The molecule has 0 aromatic heterocycles. The van der Waals surface area contributed by atoms with Gasteiger partial charge in [0.05, 0.1) is 0 Å². The molecule has 0 aliphatic rings. The van der Waals surface area contributed by atoms with Crippen LogP contribution < -0.4 is 0 Å². The van der Waals surface area contributed by atoms with Crippen molar-refractivity contribution in [3.8, 4) is 0 Å². The second kappa shape index (κ2) is 10.7. The van der Waals surface area contributed by atoms with Gasteiger partial charge in [0.15, 0.2) is 0 Å². The van der Waals surface area contributed by atoms with Gasteiger partial charge in [0.1, 0.15) is 0 Å². The summed E-state index contributed by atoms with van der Waals surface area (Å²) in [7, 11) is -0.690. The zero-order valence-corrected chi connectivity index (χ0v) is 13.5. The van der Waals surface area contributed by atoms with E-state index < -0.39 is 8.56 Å². The lowest BCUT2D eigenvalue weighted by Crippen LogP contribution is -2.41. The molecular formula is C12H29O2PSi. The van der Waals surface area contributed by atoms with Gasteiger partial charge in [-0.25, -0.2) is 0 Å². The van der Waals surface area contributed by atoms with Gasteiger partial charge in [-0.1, -0.05) is 20.3 Å². The van der Waals surface area contributed by atoms with E-state index in [1.54, 1.807) is 0 Å². The van der Waals surface area contributed by atoms with Crippen LogP contribution in [0.4, 0.5) is 0 Å². The van der Waals surface area contributed by atoms with E-state index in [-0.39, 0.29) is 0 Å². The first-order valence-corrected chi connectivity index (χ1v) is 10.4. The van der Waals surface area contributed by atoms with E-state index in [1.165, 1.54) is 31.2 Å². The van der Waals surface area contributed by atoms with Crippen LogP contribution in [-0.4, -0.2) is 34.1 Å². The molecule has 0 bridgehead atoms. The van der Waals surface area contributed by atoms with Crippen molar-refractivity contribution in [2.24, 2.45) is 0 Å². The van der Waals surface area contributed by atoms with Crippen LogP contribution in [0.25, 0.3) is 0 Å². The van der Waals surface area contributed by atoms with Crippen molar-refractivity contribution in [3.63, 3.8) is 0 Å². The van der Waals surface area contributed by atoms with Crippen molar-refractivity contribution in [1.82, 2.24) is 0 Å². The summed E-state index contributed by atoms with van der Waals surface area (Å²) in [6.07, 6.45) is 5.37. The lowest BCUT2D eigenvalue weighted by molar-refractivity contribution is 0.183. The quantitative estimate of drug-likeness (QED) is 0.319. The zero-order chi connectivity index (χ0) is 12.3. The minimum atomic E-state index is -1.83. The Kier molecular flexibility index (Phi) is 11.1. The Hall–Kier alpha value is 0.567. The van der Waals surface area contributed by atoms with Crippen molar-refractivity contribution in [1.29, 1.82) is 0 Å². The van der Waals surface area contributed by atoms with Gasteiger partial charge in [0, 0.05) is 13.2 Å². The highest BCUT2D eigenvalue weighted by Crippen LogP contribution is 2.23. The van der Waals surface area contributed by atoms with Gasteiger partial charge >= 0.3 is 8.56 Å². The highest BCUT2D eigenvalue weighted by atomic mass is 31.1. The molecule has 0 aromatic rings. The predicted octanol–water partition coefficient (Wildman–Crippen LogP) is 4.00. The maximum Gasteiger partial charge on any atom is 0.337 e. The topological polar surface area (TPSA) is 18.5 Å². The van der Waals surface area contributed by atoms with Crippen LogP contribution in [0.2, 0.25) is 12.1 Å². The molecule has 0 aliphatic carbocycles. The van der Waals surface area contributed by atoms with Crippen LogP contribution in [-0.2, 0) is 8.85 Å². The second-order valence-corrected chi connectivity index (χ2v) is 9.09. The van der Waals surface area contributed by atoms with Gasteiger partial charge in [-0.05, 0) is 44.7 Å². The van der Waals surface area contributed by atoms with Gasteiger partial charge in [-0.2, -0.15) is 0 Å². The van der Waals surface area contributed by atoms with Crippen LogP contribution in [0, 0.1) is 0 Å². The molecule has 0 saturated heterocycles. The Morgan fingerprint density at radius 1 is 0.938 bits per heavy atom. The third kappa shape index (κ3) is 7.00. The van der Waals surface area contributed by atoms with Gasteiger partial charge in [-0.15, -0.1) is 8.58 Å². The predicted molar refractivity (Wildman–Crippen MR) is 77.3 cm³/mol. The average Bonchev–Trinajstić information content (AvgIpc) is 2.29. The Balaban J connectivity index is 3.89. The fourth-order valence-corrected chi connectivity index (χ4v) is 6.16. The molecule has 0 N–H and O–H groups in total. The molecule has 0 aliphatic heterocycles. The molecule has 1 atom stereocenters. The molecule has 0 spiro atoms. The summed E-state index contributed by atoms with van der Waals surface area (Å²) in [4.78, 5) is 0. The Bertz CT molecular complexity index is 150. The first-order valence-electron chi connectivity index (χ1n) is 6.73. The Labute approximate surface area is 105 Å². The average molecular weight is 264 g/mol. The van der Waals surface area contributed by atoms with Gasteiger partial charge in [0.25, 0.3) is 0 Å². The second-order valence-electron chi connectivity index (χ2n) is 3.98. The summed E-state index contributed by atoms with van der Waals surface area (Å²) in [5.41, 5.74) is 0. The molecular weight excluding hydrogens is 235 g/mol. The van der Waals surface area contributed by atoms with E-state index in [4.69, 9.17) is 8.85 Å². The van der Waals surface area contributed by atoms with E-state index >= 15 is 0 Å². The first-order chi connectivity index (χ1) is 7.74. The van der Waals surface area contributed by atoms with Crippen LogP contribution in [0.5, 0.6) is 0 Å². The summed E-state index contributed by atoms with van der Waals surface area (Å²) in [6.45, 7) is 10.2. The molecule has 0 fully saturated rings. The minimum absolute atomic E-state index is 0.803.